The minimum atomic E-state index is -0.840. The number of nitrogens with zero attached hydrogens (tertiary/aromatic N) is 2. The maximum absolute atomic E-state index is 12.5. The Morgan fingerprint density at radius 2 is 1.85 bits per heavy atom. The number of rotatable bonds is 2. The van der Waals surface area contributed by atoms with Crippen LogP contribution >= 0.6 is 0 Å². The summed E-state index contributed by atoms with van der Waals surface area (Å²) < 4.78 is 0. The molecule has 4 atom stereocenters. The molecule has 0 aromatic carbocycles. The average molecular weight is 284 g/mol. The van der Waals surface area contributed by atoms with Gasteiger partial charge in [-0.15, -0.1) is 0 Å². The predicted octanol–water partition coefficient (Wildman–Crippen LogP) is 0.994. The van der Waals surface area contributed by atoms with Crippen molar-refractivity contribution < 1.29 is 19.8 Å². The molecule has 0 bridgehead atoms. The number of hydrogen-bond donors (Lipinski definition) is 2. The fraction of sp³-hybridized carbons (Fsp3) is 0.857. The van der Waals surface area contributed by atoms with Crippen molar-refractivity contribution >= 4 is 12.0 Å². The second-order valence-corrected chi connectivity index (χ2v) is 6.14. The molecule has 1 saturated heterocycles. The van der Waals surface area contributed by atoms with Gasteiger partial charge in [-0.3, -0.25) is 4.79 Å². The highest BCUT2D eigenvalue weighted by Gasteiger charge is 2.39. The lowest BCUT2D eigenvalue weighted by molar-refractivity contribution is -0.142. The zero-order valence-electron chi connectivity index (χ0n) is 12.2. The first-order valence-corrected chi connectivity index (χ1v) is 7.34. The second kappa shape index (κ2) is 5.99. The lowest BCUT2D eigenvalue weighted by Crippen LogP contribution is -2.51. The monoisotopic (exact) mass is 284 g/mol. The van der Waals surface area contributed by atoms with Gasteiger partial charge < -0.3 is 20.0 Å². The molecule has 114 valence electrons. The zero-order valence-corrected chi connectivity index (χ0v) is 12.2. The number of carbonyl (C=O) groups is 2. The Hall–Kier alpha value is -1.30. The average Bonchev–Trinajstić information content (AvgIpc) is 2.80. The van der Waals surface area contributed by atoms with Gasteiger partial charge in [0.05, 0.1) is 18.1 Å². The van der Waals surface area contributed by atoms with Gasteiger partial charge in [-0.2, -0.15) is 0 Å². The number of likely N-dealkylation sites (tertiary alicyclic amines) is 1. The molecule has 0 spiro atoms. The van der Waals surface area contributed by atoms with Crippen molar-refractivity contribution in [3.63, 3.8) is 0 Å². The van der Waals surface area contributed by atoms with Crippen LogP contribution in [0, 0.1) is 11.8 Å². The molecule has 0 aromatic rings. The van der Waals surface area contributed by atoms with E-state index in [1.54, 1.807) is 16.8 Å². The van der Waals surface area contributed by atoms with Crippen molar-refractivity contribution in [1.29, 1.82) is 0 Å². The highest BCUT2D eigenvalue weighted by Crippen LogP contribution is 2.27. The molecule has 0 radical (unpaired) electrons. The van der Waals surface area contributed by atoms with Crippen molar-refractivity contribution in [2.24, 2.45) is 11.8 Å². The van der Waals surface area contributed by atoms with E-state index in [1.807, 2.05) is 6.92 Å². The Labute approximate surface area is 119 Å². The fourth-order valence-corrected chi connectivity index (χ4v) is 3.35. The number of carboxylic acids is 1. The number of likely N-dealkylation sites (N-methyl/N-ethyl adjacent to an activating group) is 1. The van der Waals surface area contributed by atoms with Crippen molar-refractivity contribution in [2.45, 2.75) is 44.8 Å². The van der Waals surface area contributed by atoms with E-state index < -0.39 is 18.0 Å². The lowest BCUT2D eigenvalue weighted by Gasteiger charge is -2.37. The van der Waals surface area contributed by atoms with Crippen LogP contribution < -0.4 is 0 Å². The Balaban J connectivity index is 1.99. The zero-order chi connectivity index (χ0) is 14.9. The minimum Gasteiger partial charge on any atom is -0.481 e. The van der Waals surface area contributed by atoms with Gasteiger partial charge in [0.1, 0.15) is 0 Å². The lowest BCUT2D eigenvalue weighted by atomic mass is 9.92. The van der Waals surface area contributed by atoms with E-state index in [1.165, 1.54) is 0 Å². The first kappa shape index (κ1) is 15.1. The molecule has 1 aliphatic carbocycles. The van der Waals surface area contributed by atoms with Crippen LogP contribution in [0.1, 0.15) is 32.6 Å². The van der Waals surface area contributed by atoms with E-state index in [-0.39, 0.29) is 24.5 Å². The molecule has 2 N–H and O–H groups in total. The van der Waals surface area contributed by atoms with Crippen LogP contribution in [-0.4, -0.2) is 64.3 Å². The molecule has 6 heteroatoms. The number of aliphatic carboxylic acids is 1. The van der Waals surface area contributed by atoms with Crippen LogP contribution in [-0.2, 0) is 4.79 Å². The molecule has 2 fully saturated rings. The van der Waals surface area contributed by atoms with Crippen molar-refractivity contribution in [1.82, 2.24) is 9.80 Å². The fourth-order valence-electron chi connectivity index (χ4n) is 3.35. The molecule has 2 amide bonds. The topological polar surface area (TPSA) is 81.1 Å². The number of aliphatic hydroxyl groups is 1. The molecule has 4 unspecified atom stereocenters. The third-order valence-corrected chi connectivity index (χ3v) is 4.69. The molecule has 20 heavy (non-hydrogen) atoms. The van der Waals surface area contributed by atoms with Gasteiger partial charge in [0.25, 0.3) is 0 Å². The molecule has 2 aliphatic rings. The molecular formula is C14H24N2O4. The van der Waals surface area contributed by atoms with Gasteiger partial charge in [0.2, 0.25) is 0 Å². The highest BCUT2D eigenvalue weighted by atomic mass is 16.4. The van der Waals surface area contributed by atoms with E-state index in [9.17, 15) is 14.7 Å². The molecule has 0 aromatic heterocycles. The van der Waals surface area contributed by atoms with E-state index in [0.717, 1.165) is 25.7 Å². The molecule has 1 aliphatic heterocycles. The maximum Gasteiger partial charge on any atom is 0.320 e. The van der Waals surface area contributed by atoms with Crippen LogP contribution in [0.4, 0.5) is 4.79 Å². The number of amides is 2. The summed E-state index contributed by atoms with van der Waals surface area (Å²) in [6.45, 7) is 2.60. The summed E-state index contributed by atoms with van der Waals surface area (Å²) >= 11 is 0. The van der Waals surface area contributed by atoms with Crippen molar-refractivity contribution in [3.05, 3.63) is 0 Å². The Morgan fingerprint density at radius 3 is 2.40 bits per heavy atom. The van der Waals surface area contributed by atoms with Gasteiger partial charge >= 0.3 is 12.0 Å². The van der Waals surface area contributed by atoms with Gasteiger partial charge in [0, 0.05) is 20.1 Å². The van der Waals surface area contributed by atoms with E-state index in [0.29, 0.717) is 6.54 Å². The third kappa shape index (κ3) is 2.90. The number of urea groups is 1. The Bertz CT molecular complexity index is 387. The van der Waals surface area contributed by atoms with Crippen LogP contribution in [0.15, 0.2) is 0 Å². The number of hydrogen-bond acceptors (Lipinski definition) is 3. The second-order valence-electron chi connectivity index (χ2n) is 6.14. The Kier molecular flexibility index (Phi) is 4.52. The van der Waals surface area contributed by atoms with Crippen LogP contribution in [0.5, 0.6) is 0 Å². The Morgan fingerprint density at radius 1 is 1.20 bits per heavy atom. The first-order chi connectivity index (χ1) is 9.41. The summed E-state index contributed by atoms with van der Waals surface area (Å²) in [5.74, 6) is -1.35. The van der Waals surface area contributed by atoms with Gasteiger partial charge in [-0.25, -0.2) is 4.79 Å². The third-order valence-electron chi connectivity index (χ3n) is 4.69. The van der Waals surface area contributed by atoms with Gasteiger partial charge in [0.15, 0.2) is 0 Å². The summed E-state index contributed by atoms with van der Waals surface area (Å²) in [6.07, 6.45) is 3.11. The van der Waals surface area contributed by atoms with Crippen molar-refractivity contribution in [3.8, 4) is 0 Å². The summed E-state index contributed by atoms with van der Waals surface area (Å²) in [7, 11) is 1.71. The largest absolute Gasteiger partial charge is 0.481 e. The van der Waals surface area contributed by atoms with E-state index in [2.05, 4.69) is 0 Å². The van der Waals surface area contributed by atoms with Crippen LogP contribution in [0.25, 0.3) is 0 Å². The highest BCUT2D eigenvalue weighted by molar-refractivity contribution is 5.78. The number of aliphatic hydroxyl groups excluding tert-OH is 1. The van der Waals surface area contributed by atoms with E-state index in [4.69, 9.17) is 5.11 Å². The van der Waals surface area contributed by atoms with Crippen LogP contribution in [0.3, 0.4) is 0 Å². The molecule has 1 heterocycles. The standard InChI is InChI=1S/C14H24N2O4/c1-9-7-16(8-10(9)13(18)19)14(20)15(2)11-5-3-4-6-12(11)17/h9-12,17H,3-8H2,1-2H3,(H,18,19). The van der Waals surface area contributed by atoms with E-state index >= 15 is 0 Å². The number of carbonyl (C=O) groups excluding carboxylic acids is 1. The SMILES string of the molecule is CC1CN(C(=O)N(C)C2CCCCC2O)CC1C(=O)O. The summed E-state index contributed by atoms with van der Waals surface area (Å²) in [5, 5.41) is 19.1. The van der Waals surface area contributed by atoms with Gasteiger partial charge in [-0.05, 0) is 18.8 Å². The summed E-state index contributed by atoms with van der Waals surface area (Å²) in [5.41, 5.74) is 0. The summed E-state index contributed by atoms with van der Waals surface area (Å²) in [4.78, 5) is 26.8. The normalized spacial score (nSPS) is 34.0. The molecular weight excluding hydrogens is 260 g/mol. The number of carboxylic acid groups (broad SMARTS) is 1. The van der Waals surface area contributed by atoms with Crippen molar-refractivity contribution in [2.75, 3.05) is 20.1 Å². The van der Waals surface area contributed by atoms with Crippen LogP contribution in [0.2, 0.25) is 0 Å². The quantitative estimate of drug-likeness (QED) is 0.792. The molecule has 2 rings (SSSR count). The smallest absolute Gasteiger partial charge is 0.320 e. The minimum absolute atomic E-state index is 0.0267. The maximum atomic E-state index is 12.5. The predicted molar refractivity (Wildman–Crippen MR) is 73.3 cm³/mol. The van der Waals surface area contributed by atoms with Gasteiger partial charge in [-0.1, -0.05) is 19.8 Å². The molecule has 1 saturated carbocycles. The summed E-state index contributed by atoms with van der Waals surface area (Å²) in [6, 6.07) is -0.304. The molecule has 6 nitrogen and oxygen atoms in total. The first-order valence-electron chi connectivity index (χ1n) is 7.34.